The van der Waals surface area contributed by atoms with Crippen LogP contribution in [-0.4, -0.2) is 25.8 Å². The van der Waals surface area contributed by atoms with E-state index in [4.69, 9.17) is 0 Å². The van der Waals surface area contributed by atoms with Crippen LogP contribution < -0.4 is 5.32 Å². The first-order chi connectivity index (χ1) is 8.16. The van der Waals surface area contributed by atoms with Crippen LogP contribution in [0.3, 0.4) is 0 Å². The number of hydrogen-bond acceptors (Lipinski definition) is 5. The smallest absolute Gasteiger partial charge is 0.259 e. The van der Waals surface area contributed by atoms with Gasteiger partial charge in [0.15, 0.2) is 5.82 Å². The summed E-state index contributed by atoms with van der Waals surface area (Å²) in [5.74, 6) is 0.0705. The van der Waals surface area contributed by atoms with Gasteiger partial charge >= 0.3 is 0 Å². The molecule has 0 aliphatic carbocycles. The van der Waals surface area contributed by atoms with Gasteiger partial charge in [0.05, 0.1) is 17.5 Å². The minimum atomic E-state index is -0.318. The predicted molar refractivity (Wildman–Crippen MR) is 64.5 cm³/mol. The van der Waals surface area contributed by atoms with E-state index in [1.165, 1.54) is 24.9 Å². The number of amides is 1. The maximum absolute atomic E-state index is 11.7. The van der Waals surface area contributed by atoms with Crippen molar-refractivity contribution in [1.29, 1.82) is 0 Å². The lowest BCUT2D eigenvalue weighted by Gasteiger charge is -2.04. The van der Waals surface area contributed by atoms with Crippen LogP contribution >= 0.6 is 15.9 Å². The highest BCUT2D eigenvalue weighted by molar-refractivity contribution is 9.10. The highest BCUT2D eigenvalue weighted by Gasteiger charge is 2.08. The minimum Gasteiger partial charge on any atom is -0.305 e. The van der Waals surface area contributed by atoms with Crippen molar-refractivity contribution in [2.75, 3.05) is 5.32 Å². The maximum atomic E-state index is 11.7. The topological polar surface area (TPSA) is 80.7 Å². The monoisotopic (exact) mass is 293 g/mol. The van der Waals surface area contributed by atoms with E-state index in [0.29, 0.717) is 21.7 Å². The molecular formula is C10H8BrN5O. The number of anilines is 1. The molecule has 86 valence electrons. The number of nitrogens with zero attached hydrogens (tertiary/aromatic N) is 4. The molecule has 2 rings (SSSR count). The fourth-order valence-corrected chi connectivity index (χ4v) is 1.32. The molecule has 0 aliphatic heterocycles. The number of carbonyl (C=O) groups is 1. The molecule has 0 atom stereocenters. The van der Waals surface area contributed by atoms with Crippen molar-refractivity contribution in [1.82, 2.24) is 19.9 Å². The first kappa shape index (κ1) is 11.6. The Morgan fingerprint density at radius 2 is 2.00 bits per heavy atom. The first-order valence-corrected chi connectivity index (χ1v) is 5.51. The van der Waals surface area contributed by atoms with E-state index in [9.17, 15) is 4.79 Å². The summed E-state index contributed by atoms with van der Waals surface area (Å²) in [6.45, 7) is 1.79. The van der Waals surface area contributed by atoms with Gasteiger partial charge in [0, 0.05) is 12.4 Å². The van der Waals surface area contributed by atoms with E-state index in [0.717, 1.165) is 0 Å². The van der Waals surface area contributed by atoms with Crippen LogP contribution in [0.25, 0.3) is 0 Å². The van der Waals surface area contributed by atoms with Crippen LogP contribution in [0.15, 0.2) is 29.5 Å². The molecule has 0 aromatic carbocycles. The molecule has 1 N–H and O–H groups in total. The second-order valence-corrected chi connectivity index (χ2v) is 3.96. The lowest BCUT2D eigenvalue weighted by molar-refractivity contribution is 0.102. The zero-order chi connectivity index (χ0) is 12.3. The lowest BCUT2D eigenvalue weighted by atomic mass is 10.3. The Kier molecular flexibility index (Phi) is 3.38. The second kappa shape index (κ2) is 4.96. The van der Waals surface area contributed by atoms with Crippen LogP contribution in [0.4, 0.5) is 5.82 Å². The van der Waals surface area contributed by atoms with Crippen molar-refractivity contribution in [2.24, 2.45) is 0 Å². The fraction of sp³-hybridized carbons (Fsp3) is 0.100. The van der Waals surface area contributed by atoms with Crippen molar-refractivity contribution in [3.63, 3.8) is 0 Å². The van der Waals surface area contributed by atoms with E-state index in [1.807, 2.05) is 0 Å². The van der Waals surface area contributed by atoms with Crippen molar-refractivity contribution in [3.8, 4) is 0 Å². The van der Waals surface area contributed by atoms with Gasteiger partial charge in [-0.05, 0) is 22.9 Å². The summed E-state index contributed by atoms with van der Waals surface area (Å²) in [4.78, 5) is 27.5. The van der Waals surface area contributed by atoms with Crippen LogP contribution in [0.2, 0.25) is 0 Å². The summed E-state index contributed by atoms with van der Waals surface area (Å²) >= 11 is 3.23. The summed E-state index contributed by atoms with van der Waals surface area (Å²) < 4.78 is 0.651. The third kappa shape index (κ3) is 2.82. The molecule has 0 bridgehead atoms. The largest absolute Gasteiger partial charge is 0.305 e. The molecule has 0 spiro atoms. The molecule has 0 saturated carbocycles. The Morgan fingerprint density at radius 3 is 2.65 bits per heavy atom. The molecular weight excluding hydrogens is 286 g/mol. The van der Waals surface area contributed by atoms with Crippen molar-refractivity contribution < 1.29 is 4.79 Å². The highest BCUT2D eigenvalue weighted by atomic mass is 79.9. The summed E-state index contributed by atoms with van der Waals surface area (Å²) in [5.41, 5.74) is 1.07. The average Bonchev–Trinajstić information content (AvgIpc) is 2.35. The van der Waals surface area contributed by atoms with Gasteiger partial charge in [-0.15, -0.1) is 0 Å². The molecule has 0 saturated heterocycles. The number of rotatable bonds is 2. The van der Waals surface area contributed by atoms with E-state index in [2.05, 4.69) is 41.2 Å². The number of aromatic nitrogens is 4. The molecule has 0 radical (unpaired) electrons. The quantitative estimate of drug-likeness (QED) is 0.909. The third-order valence-electron chi connectivity index (χ3n) is 1.95. The third-order valence-corrected chi connectivity index (χ3v) is 2.73. The van der Waals surface area contributed by atoms with Crippen LogP contribution in [0, 0.1) is 6.92 Å². The summed E-state index contributed by atoms with van der Waals surface area (Å²) in [6, 6.07) is 0. The molecule has 0 unspecified atom stereocenters. The highest BCUT2D eigenvalue weighted by Crippen LogP contribution is 2.12. The van der Waals surface area contributed by atoms with Gasteiger partial charge in [-0.1, -0.05) is 0 Å². The summed E-state index contributed by atoms with van der Waals surface area (Å²) in [7, 11) is 0. The lowest BCUT2D eigenvalue weighted by Crippen LogP contribution is -2.14. The molecule has 1 amide bonds. The zero-order valence-corrected chi connectivity index (χ0v) is 10.5. The normalized spacial score (nSPS) is 10.0. The number of carbonyl (C=O) groups excluding carboxylic acids is 1. The predicted octanol–water partition coefficient (Wildman–Crippen LogP) is 1.59. The van der Waals surface area contributed by atoms with Crippen molar-refractivity contribution in [2.45, 2.75) is 6.92 Å². The van der Waals surface area contributed by atoms with Crippen LogP contribution in [0.5, 0.6) is 0 Å². The van der Waals surface area contributed by atoms with E-state index in [-0.39, 0.29) is 5.91 Å². The Hall–Kier alpha value is -1.89. The molecule has 2 aromatic rings. The zero-order valence-electron chi connectivity index (χ0n) is 8.88. The van der Waals surface area contributed by atoms with Gasteiger partial charge in [0.2, 0.25) is 0 Å². The standard InChI is InChI=1S/C10H8BrN5O/c1-6-9(11)14-4-8(15-6)16-10(17)7-2-12-5-13-3-7/h2-5H,1H3,(H,15,16,17). The van der Waals surface area contributed by atoms with Gasteiger partial charge in [-0.2, -0.15) is 0 Å². The molecule has 7 heteroatoms. The van der Waals surface area contributed by atoms with Crippen molar-refractivity contribution in [3.05, 3.63) is 40.8 Å². The Bertz CT molecular complexity index is 546. The Balaban J connectivity index is 2.16. The molecule has 2 heterocycles. The van der Waals surface area contributed by atoms with E-state index in [1.54, 1.807) is 6.92 Å². The van der Waals surface area contributed by atoms with Crippen LogP contribution in [0.1, 0.15) is 16.1 Å². The molecule has 17 heavy (non-hydrogen) atoms. The van der Waals surface area contributed by atoms with E-state index >= 15 is 0 Å². The fourth-order valence-electron chi connectivity index (χ4n) is 1.13. The van der Waals surface area contributed by atoms with Gasteiger partial charge in [0.25, 0.3) is 5.91 Å². The molecule has 0 fully saturated rings. The van der Waals surface area contributed by atoms with Gasteiger partial charge in [0.1, 0.15) is 10.9 Å². The Morgan fingerprint density at radius 1 is 1.29 bits per heavy atom. The maximum Gasteiger partial charge on any atom is 0.259 e. The summed E-state index contributed by atoms with van der Waals surface area (Å²) in [6.07, 6.45) is 5.70. The molecule has 0 aliphatic rings. The van der Waals surface area contributed by atoms with Gasteiger partial charge in [-0.25, -0.2) is 19.9 Å². The minimum absolute atomic E-state index is 0.318. The average molecular weight is 294 g/mol. The van der Waals surface area contributed by atoms with Gasteiger partial charge < -0.3 is 5.32 Å². The second-order valence-electron chi connectivity index (χ2n) is 3.21. The number of nitrogens with one attached hydrogen (secondary N) is 1. The molecule has 6 nitrogen and oxygen atoms in total. The van der Waals surface area contributed by atoms with Crippen molar-refractivity contribution >= 4 is 27.7 Å². The SMILES string of the molecule is Cc1nc(NC(=O)c2cncnc2)cnc1Br. The number of halogens is 1. The van der Waals surface area contributed by atoms with Crippen LogP contribution in [-0.2, 0) is 0 Å². The first-order valence-electron chi connectivity index (χ1n) is 4.72. The van der Waals surface area contributed by atoms with Gasteiger partial charge in [-0.3, -0.25) is 4.79 Å². The number of aryl methyl sites for hydroxylation is 1. The molecule has 2 aromatic heterocycles. The summed E-state index contributed by atoms with van der Waals surface area (Å²) in [5, 5.41) is 2.61. The Labute approximate surface area is 106 Å². The number of hydrogen-bond donors (Lipinski definition) is 1. The van der Waals surface area contributed by atoms with E-state index < -0.39 is 0 Å².